The van der Waals surface area contributed by atoms with Crippen LogP contribution in [0.2, 0.25) is 0 Å². The number of aromatic amines is 1. The van der Waals surface area contributed by atoms with Gasteiger partial charge in [0.25, 0.3) is 0 Å². The molecule has 4 aromatic rings. The number of hydrogen-bond acceptors (Lipinski definition) is 11. The maximum Gasteiger partial charge on any atom is 0.231 e. The summed E-state index contributed by atoms with van der Waals surface area (Å²) in [7, 11) is 0. The van der Waals surface area contributed by atoms with Crippen molar-refractivity contribution < 1.29 is 14.0 Å². The predicted molar refractivity (Wildman–Crippen MR) is 132 cm³/mol. The predicted octanol–water partition coefficient (Wildman–Crippen LogP) is 3.76. The molecule has 0 aromatic carbocycles. The van der Waals surface area contributed by atoms with Gasteiger partial charge in [0.15, 0.2) is 11.6 Å². The average Bonchev–Trinajstić information content (AvgIpc) is 3.63. The van der Waals surface area contributed by atoms with E-state index in [0.29, 0.717) is 54.7 Å². The highest BCUT2D eigenvalue weighted by atomic mass is 16.5. The first kappa shape index (κ1) is 23.7. The second kappa shape index (κ2) is 10.7. The standard InChI is InChI=1S/C24H29N9O3/c1-4-34-10-11-35-22-14-20(27-21-12-15(2)30-31-21)28-24(29-22)33-9-5-6-18(33)19-13-17(32-36-19)23-16(3)25-7-8-26-23/h7-8,12-14,18H,4-6,9-11H2,1-3H3,(H2,27,28,29,30,31)/t18-/m0/s1. The highest BCUT2D eigenvalue weighted by molar-refractivity contribution is 5.58. The largest absolute Gasteiger partial charge is 0.475 e. The molecule has 0 amide bonds. The fourth-order valence-electron chi connectivity index (χ4n) is 4.16. The number of nitrogens with zero attached hydrogens (tertiary/aromatic N) is 7. The number of anilines is 3. The van der Waals surface area contributed by atoms with Crippen LogP contribution in [0.1, 0.15) is 43.0 Å². The van der Waals surface area contributed by atoms with E-state index in [1.54, 1.807) is 18.5 Å². The van der Waals surface area contributed by atoms with Crippen LogP contribution < -0.4 is 15.0 Å². The minimum absolute atomic E-state index is 0.0672. The summed E-state index contributed by atoms with van der Waals surface area (Å²) >= 11 is 0. The highest BCUT2D eigenvalue weighted by Gasteiger charge is 2.32. The van der Waals surface area contributed by atoms with Crippen LogP contribution in [0.15, 0.2) is 35.1 Å². The second-order valence-electron chi connectivity index (χ2n) is 8.45. The fourth-order valence-corrected chi connectivity index (χ4v) is 4.16. The molecule has 12 nitrogen and oxygen atoms in total. The monoisotopic (exact) mass is 491 g/mol. The van der Waals surface area contributed by atoms with Gasteiger partial charge in [-0.05, 0) is 33.6 Å². The Morgan fingerprint density at radius 1 is 1.11 bits per heavy atom. The van der Waals surface area contributed by atoms with E-state index in [9.17, 15) is 0 Å². The molecule has 4 aromatic heterocycles. The minimum Gasteiger partial charge on any atom is -0.475 e. The molecular weight excluding hydrogens is 462 g/mol. The van der Waals surface area contributed by atoms with Gasteiger partial charge in [-0.25, -0.2) is 0 Å². The van der Waals surface area contributed by atoms with E-state index in [-0.39, 0.29) is 6.04 Å². The van der Waals surface area contributed by atoms with Gasteiger partial charge in [0.05, 0.1) is 18.3 Å². The van der Waals surface area contributed by atoms with Gasteiger partial charge in [-0.2, -0.15) is 15.1 Å². The van der Waals surface area contributed by atoms with Crippen molar-refractivity contribution >= 4 is 17.6 Å². The van der Waals surface area contributed by atoms with Gasteiger partial charge in [0.1, 0.15) is 23.8 Å². The lowest BCUT2D eigenvalue weighted by atomic mass is 10.1. The molecule has 1 fully saturated rings. The van der Waals surface area contributed by atoms with Crippen LogP contribution in [0, 0.1) is 13.8 Å². The van der Waals surface area contributed by atoms with Crippen LogP contribution in [0.3, 0.4) is 0 Å². The van der Waals surface area contributed by atoms with Crippen LogP contribution in [-0.2, 0) is 4.74 Å². The number of aromatic nitrogens is 7. The van der Waals surface area contributed by atoms with Crippen molar-refractivity contribution in [3.8, 4) is 17.3 Å². The second-order valence-corrected chi connectivity index (χ2v) is 8.45. The van der Waals surface area contributed by atoms with Crippen LogP contribution >= 0.6 is 0 Å². The molecule has 188 valence electrons. The zero-order valence-corrected chi connectivity index (χ0v) is 20.6. The Balaban J connectivity index is 1.42. The summed E-state index contributed by atoms with van der Waals surface area (Å²) in [5.41, 5.74) is 3.11. The maximum absolute atomic E-state index is 5.89. The molecule has 0 aliphatic carbocycles. The number of ether oxygens (including phenoxy) is 2. The molecule has 5 rings (SSSR count). The maximum atomic E-state index is 5.89. The molecule has 0 spiro atoms. The van der Waals surface area contributed by atoms with Gasteiger partial charge in [0.2, 0.25) is 11.8 Å². The van der Waals surface area contributed by atoms with E-state index < -0.39 is 0 Å². The summed E-state index contributed by atoms with van der Waals surface area (Å²) in [5.74, 6) is 2.96. The van der Waals surface area contributed by atoms with Crippen LogP contribution in [0.25, 0.3) is 11.4 Å². The van der Waals surface area contributed by atoms with Crippen LogP contribution in [-0.4, -0.2) is 61.7 Å². The summed E-state index contributed by atoms with van der Waals surface area (Å²) in [6.45, 7) is 8.06. The molecule has 0 radical (unpaired) electrons. The zero-order chi connectivity index (χ0) is 24.9. The smallest absolute Gasteiger partial charge is 0.231 e. The number of hydrogen-bond donors (Lipinski definition) is 2. The molecule has 0 unspecified atom stereocenters. The van der Waals surface area contributed by atoms with Gasteiger partial charge in [-0.3, -0.25) is 15.1 Å². The van der Waals surface area contributed by atoms with E-state index in [0.717, 1.165) is 36.5 Å². The van der Waals surface area contributed by atoms with E-state index in [1.807, 2.05) is 32.9 Å². The number of aryl methyl sites for hydroxylation is 2. The molecule has 12 heteroatoms. The summed E-state index contributed by atoms with van der Waals surface area (Å²) in [6, 6.07) is 5.52. The topological polar surface area (TPSA) is 140 Å². The third kappa shape index (κ3) is 5.28. The van der Waals surface area contributed by atoms with E-state index in [1.165, 1.54) is 0 Å². The van der Waals surface area contributed by atoms with Gasteiger partial charge in [0, 0.05) is 49.4 Å². The Labute approximate surface area is 208 Å². The lowest BCUT2D eigenvalue weighted by Gasteiger charge is -2.23. The van der Waals surface area contributed by atoms with Crippen molar-refractivity contribution in [1.29, 1.82) is 0 Å². The van der Waals surface area contributed by atoms with Crippen molar-refractivity contribution in [1.82, 2.24) is 35.3 Å². The number of rotatable bonds is 10. The Morgan fingerprint density at radius 3 is 2.81 bits per heavy atom. The first-order valence-electron chi connectivity index (χ1n) is 12.0. The van der Waals surface area contributed by atoms with Gasteiger partial charge in [-0.15, -0.1) is 0 Å². The molecule has 1 atom stereocenters. The van der Waals surface area contributed by atoms with E-state index >= 15 is 0 Å². The molecule has 36 heavy (non-hydrogen) atoms. The molecule has 1 saturated heterocycles. The molecule has 1 aliphatic rings. The molecule has 1 aliphatic heterocycles. The van der Waals surface area contributed by atoms with Gasteiger partial charge >= 0.3 is 0 Å². The van der Waals surface area contributed by atoms with E-state index in [4.69, 9.17) is 24.0 Å². The summed E-state index contributed by atoms with van der Waals surface area (Å²) in [6.07, 6.45) is 5.16. The lowest BCUT2D eigenvalue weighted by molar-refractivity contribution is 0.108. The SMILES string of the molecule is CCOCCOc1cc(Nc2cc(C)[nH]n2)nc(N2CCC[C@H]2c2cc(-c3nccnc3C)no2)n1. The van der Waals surface area contributed by atoms with Crippen molar-refractivity contribution in [2.75, 3.05) is 36.6 Å². The highest BCUT2D eigenvalue weighted by Crippen LogP contribution is 2.37. The van der Waals surface area contributed by atoms with Crippen molar-refractivity contribution in [3.05, 3.63) is 47.7 Å². The molecule has 0 bridgehead atoms. The minimum atomic E-state index is -0.0672. The molecular formula is C24H29N9O3. The molecule has 2 N–H and O–H groups in total. The number of H-pyrrole nitrogens is 1. The first-order chi connectivity index (χ1) is 17.6. The third-order valence-electron chi connectivity index (χ3n) is 5.82. The number of nitrogens with one attached hydrogen (secondary N) is 2. The van der Waals surface area contributed by atoms with Crippen molar-refractivity contribution in [2.24, 2.45) is 0 Å². The Bertz CT molecular complexity index is 1310. The van der Waals surface area contributed by atoms with Crippen LogP contribution in [0.4, 0.5) is 17.6 Å². The normalized spacial score (nSPS) is 15.4. The molecule has 0 saturated carbocycles. The van der Waals surface area contributed by atoms with E-state index in [2.05, 4.69) is 35.5 Å². The van der Waals surface area contributed by atoms with Crippen LogP contribution in [0.5, 0.6) is 5.88 Å². The van der Waals surface area contributed by atoms with Gasteiger partial charge < -0.3 is 24.2 Å². The quantitative estimate of drug-likeness (QED) is 0.313. The fraction of sp³-hybridized carbons (Fsp3) is 0.417. The summed E-state index contributed by atoms with van der Waals surface area (Å²) in [5, 5.41) is 14.7. The van der Waals surface area contributed by atoms with Gasteiger partial charge in [-0.1, -0.05) is 5.16 Å². The van der Waals surface area contributed by atoms with Crippen molar-refractivity contribution in [2.45, 2.75) is 39.7 Å². The summed E-state index contributed by atoms with van der Waals surface area (Å²) in [4.78, 5) is 20.3. The first-order valence-corrected chi connectivity index (χ1v) is 12.0. The molecule has 5 heterocycles. The Hall–Kier alpha value is -4.06. The Morgan fingerprint density at radius 2 is 2.00 bits per heavy atom. The van der Waals surface area contributed by atoms with Crippen molar-refractivity contribution in [3.63, 3.8) is 0 Å². The third-order valence-corrected chi connectivity index (χ3v) is 5.82. The summed E-state index contributed by atoms with van der Waals surface area (Å²) < 4.78 is 17.1. The average molecular weight is 492 g/mol. The lowest BCUT2D eigenvalue weighted by Crippen LogP contribution is -2.25. The Kier molecular flexibility index (Phi) is 7.03. The zero-order valence-electron chi connectivity index (χ0n) is 20.6.